The summed E-state index contributed by atoms with van der Waals surface area (Å²) in [5.41, 5.74) is 8.47. The van der Waals surface area contributed by atoms with Crippen molar-refractivity contribution in [3.05, 3.63) is 35.4 Å². The van der Waals surface area contributed by atoms with Crippen LogP contribution in [0.5, 0.6) is 0 Å². The molecule has 0 spiro atoms. The topological polar surface area (TPSA) is 38.5 Å². The van der Waals surface area contributed by atoms with Gasteiger partial charge in [-0.25, -0.2) is 0 Å². The van der Waals surface area contributed by atoms with Crippen LogP contribution in [0.2, 0.25) is 0 Å². The molecular weight excluding hydrogens is 212 g/mol. The van der Waals surface area contributed by atoms with E-state index in [1.807, 2.05) is 0 Å². The molecule has 1 aromatic rings. The third kappa shape index (κ3) is 2.68. The van der Waals surface area contributed by atoms with Crippen LogP contribution in [-0.2, 0) is 11.3 Å². The average molecular weight is 234 g/mol. The summed E-state index contributed by atoms with van der Waals surface area (Å²) in [6, 6.07) is 9.05. The Kier molecular flexibility index (Phi) is 4.15. The van der Waals surface area contributed by atoms with E-state index in [2.05, 4.69) is 36.2 Å². The number of rotatable bonds is 4. The summed E-state index contributed by atoms with van der Waals surface area (Å²) in [7, 11) is 3.93. The highest BCUT2D eigenvalue weighted by Gasteiger charge is 2.30. The molecule has 0 aliphatic carbocycles. The van der Waals surface area contributed by atoms with E-state index < -0.39 is 0 Å². The average Bonchev–Trinajstić information content (AvgIpc) is 2.72. The van der Waals surface area contributed by atoms with Crippen molar-refractivity contribution in [3.63, 3.8) is 0 Å². The number of likely N-dealkylation sites (tertiary alicyclic amines) is 1. The van der Waals surface area contributed by atoms with E-state index in [1.165, 1.54) is 11.1 Å². The molecule has 1 saturated heterocycles. The van der Waals surface area contributed by atoms with Crippen LogP contribution in [0.1, 0.15) is 23.6 Å². The number of nitrogens with two attached hydrogens (primary N) is 1. The lowest BCUT2D eigenvalue weighted by Gasteiger charge is -2.22. The maximum Gasteiger partial charge on any atom is 0.0716 e. The highest BCUT2D eigenvalue weighted by atomic mass is 16.5. The van der Waals surface area contributed by atoms with Crippen LogP contribution in [0.3, 0.4) is 0 Å². The zero-order chi connectivity index (χ0) is 12.3. The van der Waals surface area contributed by atoms with Gasteiger partial charge in [-0.05, 0) is 37.1 Å². The predicted molar refractivity (Wildman–Crippen MR) is 69.7 cm³/mol. The second kappa shape index (κ2) is 5.63. The molecule has 1 aliphatic rings. The standard InChI is InChI=1S/C14H22N2O/c1-16-9-11(8-15)7-14(16)13-6-4-3-5-12(13)10-17-2/h3-6,11,14H,7-10,15H2,1-2H3. The molecule has 1 fully saturated rings. The molecule has 2 atom stereocenters. The van der Waals surface area contributed by atoms with E-state index in [0.29, 0.717) is 18.6 Å². The monoisotopic (exact) mass is 234 g/mol. The van der Waals surface area contributed by atoms with Crippen molar-refractivity contribution < 1.29 is 4.74 Å². The Hall–Kier alpha value is -0.900. The summed E-state index contributed by atoms with van der Waals surface area (Å²) >= 11 is 0. The Bertz CT molecular complexity index is 367. The molecule has 3 nitrogen and oxygen atoms in total. The van der Waals surface area contributed by atoms with E-state index in [0.717, 1.165) is 19.5 Å². The van der Waals surface area contributed by atoms with Crippen LogP contribution in [0.4, 0.5) is 0 Å². The molecule has 1 aromatic carbocycles. The van der Waals surface area contributed by atoms with Crippen LogP contribution in [-0.4, -0.2) is 32.1 Å². The van der Waals surface area contributed by atoms with Crippen molar-refractivity contribution in [3.8, 4) is 0 Å². The Balaban J connectivity index is 2.21. The summed E-state index contributed by atoms with van der Waals surface area (Å²) < 4.78 is 5.27. The van der Waals surface area contributed by atoms with Crippen LogP contribution in [0.15, 0.2) is 24.3 Å². The van der Waals surface area contributed by atoms with Gasteiger partial charge in [0.1, 0.15) is 0 Å². The van der Waals surface area contributed by atoms with Gasteiger partial charge in [-0.2, -0.15) is 0 Å². The maximum atomic E-state index is 5.78. The number of hydrogen-bond acceptors (Lipinski definition) is 3. The fraction of sp³-hybridized carbons (Fsp3) is 0.571. The molecule has 0 amide bonds. The molecule has 0 saturated carbocycles. The largest absolute Gasteiger partial charge is 0.380 e. The number of hydrogen-bond donors (Lipinski definition) is 1. The normalized spacial score (nSPS) is 25.4. The van der Waals surface area contributed by atoms with Gasteiger partial charge in [-0.3, -0.25) is 4.90 Å². The molecule has 1 aliphatic heterocycles. The van der Waals surface area contributed by atoms with Crippen molar-refractivity contribution in [2.24, 2.45) is 11.7 Å². The molecule has 0 bridgehead atoms. The van der Waals surface area contributed by atoms with Crippen LogP contribution in [0.25, 0.3) is 0 Å². The maximum absolute atomic E-state index is 5.78. The first kappa shape index (κ1) is 12.6. The fourth-order valence-electron chi connectivity index (χ4n) is 2.79. The minimum absolute atomic E-state index is 0.495. The van der Waals surface area contributed by atoms with Crippen LogP contribution in [0, 0.1) is 5.92 Å². The molecule has 0 aromatic heterocycles. The van der Waals surface area contributed by atoms with E-state index in [1.54, 1.807) is 7.11 Å². The van der Waals surface area contributed by atoms with Gasteiger partial charge in [-0.15, -0.1) is 0 Å². The second-order valence-corrected chi connectivity index (χ2v) is 4.92. The Morgan fingerprint density at radius 1 is 1.41 bits per heavy atom. The molecule has 1 heterocycles. The van der Waals surface area contributed by atoms with Crippen molar-refractivity contribution in [1.82, 2.24) is 4.90 Å². The van der Waals surface area contributed by atoms with Gasteiger partial charge >= 0.3 is 0 Å². The van der Waals surface area contributed by atoms with Crippen molar-refractivity contribution >= 4 is 0 Å². The lowest BCUT2D eigenvalue weighted by molar-refractivity contribution is 0.182. The summed E-state index contributed by atoms with van der Waals surface area (Å²) in [6.45, 7) is 2.57. The quantitative estimate of drug-likeness (QED) is 0.863. The number of methoxy groups -OCH3 is 1. The first-order chi connectivity index (χ1) is 8.26. The first-order valence-corrected chi connectivity index (χ1v) is 6.23. The van der Waals surface area contributed by atoms with Crippen LogP contribution >= 0.6 is 0 Å². The summed E-state index contributed by atoms with van der Waals surface area (Å²) in [5, 5.41) is 0. The number of benzene rings is 1. The van der Waals surface area contributed by atoms with Crippen molar-refractivity contribution in [1.29, 1.82) is 0 Å². The van der Waals surface area contributed by atoms with Crippen LogP contribution < -0.4 is 5.73 Å². The SMILES string of the molecule is COCc1ccccc1C1CC(CN)CN1C. The Morgan fingerprint density at radius 2 is 2.18 bits per heavy atom. The lowest BCUT2D eigenvalue weighted by Crippen LogP contribution is -2.21. The van der Waals surface area contributed by atoms with Gasteiger partial charge in [0, 0.05) is 19.7 Å². The molecule has 2 N–H and O–H groups in total. The molecule has 94 valence electrons. The van der Waals surface area contributed by atoms with Gasteiger partial charge in [0.15, 0.2) is 0 Å². The molecule has 0 radical (unpaired) electrons. The predicted octanol–water partition coefficient (Wildman–Crippen LogP) is 1.78. The van der Waals surface area contributed by atoms with E-state index in [-0.39, 0.29) is 0 Å². The van der Waals surface area contributed by atoms with Crippen molar-refractivity contribution in [2.75, 3.05) is 27.2 Å². The molecule has 3 heteroatoms. The van der Waals surface area contributed by atoms with Gasteiger partial charge in [0.25, 0.3) is 0 Å². The molecule has 2 unspecified atom stereocenters. The van der Waals surface area contributed by atoms with E-state index >= 15 is 0 Å². The third-order valence-electron chi connectivity index (χ3n) is 3.68. The smallest absolute Gasteiger partial charge is 0.0716 e. The van der Waals surface area contributed by atoms with Crippen molar-refractivity contribution in [2.45, 2.75) is 19.1 Å². The third-order valence-corrected chi connectivity index (χ3v) is 3.68. The minimum atomic E-state index is 0.495. The number of ether oxygens (including phenoxy) is 1. The molecular formula is C14H22N2O. The highest BCUT2D eigenvalue weighted by molar-refractivity contribution is 5.30. The molecule has 2 rings (SSSR count). The zero-order valence-electron chi connectivity index (χ0n) is 10.7. The highest BCUT2D eigenvalue weighted by Crippen LogP contribution is 2.35. The Labute approximate surface area is 104 Å². The summed E-state index contributed by atoms with van der Waals surface area (Å²) in [5.74, 6) is 0.626. The molecule has 17 heavy (non-hydrogen) atoms. The Morgan fingerprint density at radius 3 is 2.82 bits per heavy atom. The van der Waals surface area contributed by atoms with Gasteiger partial charge in [0.05, 0.1) is 6.61 Å². The van der Waals surface area contributed by atoms with E-state index in [9.17, 15) is 0 Å². The summed E-state index contributed by atoms with van der Waals surface area (Å²) in [6.07, 6.45) is 1.16. The van der Waals surface area contributed by atoms with Gasteiger partial charge in [-0.1, -0.05) is 24.3 Å². The van der Waals surface area contributed by atoms with Gasteiger partial charge in [0.2, 0.25) is 0 Å². The minimum Gasteiger partial charge on any atom is -0.380 e. The van der Waals surface area contributed by atoms with E-state index in [4.69, 9.17) is 10.5 Å². The number of nitrogens with zero attached hydrogens (tertiary/aromatic N) is 1. The summed E-state index contributed by atoms with van der Waals surface area (Å²) in [4.78, 5) is 2.41. The lowest BCUT2D eigenvalue weighted by atomic mass is 9.96. The first-order valence-electron chi connectivity index (χ1n) is 6.23. The second-order valence-electron chi connectivity index (χ2n) is 4.92. The fourth-order valence-corrected chi connectivity index (χ4v) is 2.79. The van der Waals surface area contributed by atoms with Gasteiger partial charge < -0.3 is 10.5 Å². The zero-order valence-corrected chi connectivity index (χ0v) is 10.7.